The molecular formula is C11H13NO3. The van der Waals surface area contributed by atoms with E-state index in [9.17, 15) is 4.91 Å². The first kappa shape index (κ1) is 9.96. The predicted octanol–water partition coefficient (Wildman–Crippen LogP) is 2.63. The van der Waals surface area contributed by atoms with Crippen LogP contribution in [0.3, 0.4) is 0 Å². The van der Waals surface area contributed by atoms with Crippen molar-refractivity contribution < 1.29 is 9.47 Å². The number of hydrogen-bond donors (Lipinski definition) is 0. The van der Waals surface area contributed by atoms with Crippen molar-refractivity contribution in [3.05, 3.63) is 28.2 Å². The van der Waals surface area contributed by atoms with Gasteiger partial charge in [-0.1, -0.05) is 18.5 Å². The Morgan fingerprint density at radius 1 is 1.27 bits per heavy atom. The van der Waals surface area contributed by atoms with Crippen molar-refractivity contribution >= 4 is 0 Å². The molecule has 0 spiro atoms. The third-order valence-corrected chi connectivity index (χ3v) is 2.45. The van der Waals surface area contributed by atoms with E-state index in [2.05, 4.69) is 12.1 Å². The van der Waals surface area contributed by atoms with Crippen molar-refractivity contribution in [2.45, 2.75) is 26.3 Å². The molecule has 0 unspecified atom stereocenters. The highest BCUT2D eigenvalue weighted by Gasteiger charge is 2.16. The number of aryl methyl sites for hydroxylation is 1. The molecule has 1 aromatic carbocycles. The summed E-state index contributed by atoms with van der Waals surface area (Å²) in [5.41, 5.74) is 2.07. The smallest absolute Gasteiger partial charge is 0.231 e. The van der Waals surface area contributed by atoms with Crippen LogP contribution in [0.1, 0.15) is 24.5 Å². The van der Waals surface area contributed by atoms with Gasteiger partial charge in [-0.25, -0.2) is 0 Å². The van der Waals surface area contributed by atoms with Crippen LogP contribution in [0, 0.1) is 4.91 Å². The van der Waals surface area contributed by atoms with Gasteiger partial charge in [-0.2, -0.15) is 4.91 Å². The third kappa shape index (κ3) is 1.93. The van der Waals surface area contributed by atoms with Gasteiger partial charge >= 0.3 is 0 Å². The van der Waals surface area contributed by atoms with Crippen molar-refractivity contribution in [1.82, 2.24) is 0 Å². The predicted molar refractivity (Wildman–Crippen MR) is 56.1 cm³/mol. The fraction of sp³-hybridized carbons (Fsp3) is 0.455. The molecule has 4 nitrogen and oxygen atoms in total. The largest absolute Gasteiger partial charge is 0.454 e. The summed E-state index contributed by atoms with van der Waals surface area (Å²) in [5.74, 6) is 1.49. The molecule has 0 saturated heterocycles. The Kier molecular flexibility index (Phi) is 2.85. The lowest BCUT2D eigenvalue weighted by Crippen LogP contribution is -1.93. The van der Waals surface area contributed by atoms with Gasteiger partial charge in [0.15, 0.2) is 11.5 Å². The second-order valence-corrected chi connectivity index (χ2v) is 3.51. The number of benzene rings is 1. The van der Waals surface area contributed by atoms with Crippen LogP contribution in [0.4, 0.5) is 0 Å². The second kappa shape index (κ2) is 4.29. The van der Waals surface area contributed by atoms with E-state index in [0.29, 0.717) is 5.75 Å². The molecule has 1 aliphatic heterocycles. The summed E-state index contributed by atoms with van der Waals surface area (Å²) in [5, 5.41) is 2.93. The maximum Gasteiger partial charge on any atom is 0.231 e. The van der Waals surface area contributed by atoms with E-state index >= 15 is 0 Å². The Hall–Kier alpha value is -1.58. The molecule has 0 N–H and O–H groups in total. The Labute approximate surface area is 88.2 Å². The molecule has 0 radical (unpaired) electrons. The van der Waals surface area contributed by atoms with Crippen LogP contribution in [-0.2, 0) is 13.0 Å². The fourth-order valence-corrected chi connectivity index (χ4v) is 1.74. The first-order valence-electron chi connectivity index (χ1n) is 5.05. The number of nitroso groups, excluding NO2 is 1. The molecule has 80 valence electrons. The Balaban J connectivity index is 2.37. The lowest BCUT2D eigenvalue weighted by Gasteiger charge is -2.07. The van der Waals surface area contributed by atoms with E-state index in [4.69, 9.17) is 9.47 Å². The van der Waals surface area contributed by atoms with E-state index in [-0.39, 0.29) is 13.3 Å². The number of ether oxygens (including phenoxy) is 2. The van der Waals surface area contributed by atoms with Gasteiger partial charge in [-0.3, -0.25) is 0 Å². The Bertz CT molecular complexity index is 376. The quantitative estimate of drug-likeness (QED) is 0.713. The van der Waals surface area contributed by atoms with Gasteiger partial charge in [0.2, 0.25) is 6.79 Å². The SMILES string of the molecule is CCCc1cc2c(cc1CN=O)OCO2. The minimum absolute atomic E-state index is 0.200. The number of rotatable bonds is 4. The number of hydrogen-bond acceptors (Lipinski definition) is 4. The summed E-state index contributed by atoms with van der Waals surface area (Å²) in [6.07, 6.45) is 1.97. The van der Waals surface area contributed by atoms with Crippen molar-refractivity contribution in [1.29, 1.82) is 0 Å². The van der Waals surface area contributed by atoms with E-state index in [1.54, 1.807) is 0 Å². The fourth-order valence-electron chi connectivity index (χ4n) is 1.74. The standard InChI is InChI=1S/C11H13NO3/c1-2-3-8-4-10-11(15-7-14-10)5-9(8)6-12-13/h4-5H,2-3,6-7H2,1H3. The van der Waals surface area contributed by atoms with Gasteiger partial charge in [0.05, 0.1) is 0 Å². The maximum atomic E-state index is 10.3. The summed E-state index contributed by atoms with van der Waals surface area (Å²) in [4.78, 5) is 10.3. The number of fused-ring (bicyclic) bond motifs is 1. The summed E-state index contributed by atoms with van der Waals surface area (Å²) in [6, 6.07) is 3.81. The highest BCUT2D eigenvalue weighted by molar-refractivity contribution is 5.48. The lowest BCUT2D eigenvalue weighted by molar-refractivity contribution is 0.174. The summed E-state index contributed by atoms with van der Waals surface area (Å²) < 4.78 is 10.5. The highest BCUT2D eigenvalue weighted by Crippen LogP contribution is 2.35. The molecule has 1 aromatic rings. The van der Waals surface area contributed by atoms with Crippen LogP contribution < -0.4 is 9.47 Å². The molecule has 0 aromatic heterocycles. The minimum Gasteiger partial charge on any atom is -0.454 e. The van der Waals surface area contributed by atoms with Crippen LogP contribution in [0.2, 0.25) is 0 Å². The second-order valence-electron chi connectivity index (χ2n) is 3.51. The van der Waals surface area contributed by atoms with E-state index in [0.717, 1.165) is 29.7 Å². The van der Waals surface area contributed by atoms with E-state index in [1.807, 2.05) is 12.1 Å². The summed E-state index contributed by atoms with van der Waals surface area (Å²) >= 11 is 0. The summed E-state index contributed by atoms with van der Waals surface area (Å²) in [7, 11) is 0. The average molecular weight is 207 g/mol. The monoisotopic (exact) mass is 207 g/mol. The Morgan fingerprint density at radius 3 is 2.53 bits per heavy atom. The van der Waals surface area contributed by atoms with Gasteiger partial charge in [0.25, 0.3) is 0 Å². The van der Waals surface area contributed by atoms with Crippen LogP contribution in [0.25, 0.3) is 0 Å². The number of nitrogens with zero attached hydrogens (tertiary/aromatic N) is 1. The van der Waals surface area contributed by atoms with Gasteiger partial charge in [-0.05, 0) is 29.7 Å². The van der Waals surface area contributed by atoms with Gasteiger partial charge < -0.3 is 9.47 Å². The van der Waals surface area contributed by atoms with Gasteiger partial charge in [0.1, 0.15) is 6.54 Å². The minimum atomic E-state index is 0.200. The topological polar surface area (TPSA) is 47.9 Å². The first-order chi connectivity index (χ1) is 7.35. The molecule has 1 heterocycles. The lowest BCUT2D eigenvalue weighted by atomic mass is 10.0. The van der Waals surface area contributed by atoms with Crippen LogP contribution in [-0.4, -0.2) is 6.79 Å². The Morgan fingerprint density at radius 2 is 1.93 bits per heavy atom. The zero-order chi connectivity index (χ0) is 10.7. The molecule has 0 amide bonds. The van der Waals surface area contributed by atoms with E-state index in [1.165, 1.54) is 0 Å². The van der Waals surface area contributed by atoms with Crippen LogP contribution >= 0.6 is 0 Å². The highest BCUT2D eigenvalue weighted by atomic mass is 16.7. The molecule has 15 heavy (non-hydrogen) atoms. The van der Waals surface area contributed by atoms with Gasteiger partial charge in [0, 0.05) is 0 Å². The molecule has 0 bridgehead atoms. The van der Waals surface area contributed by atoms with Crippen molar-refractivity contribution in [2.75, 3.05) is 6.79 Å². The average Bonchev–Trinajstić information content (AvgIpc) is 2.66. The molecule has 1 aliphatic rings. The molecule has 0 aliphatic carbocycles. The molecule has 0 atom stereocenters. The third-order valence-electron chi connectivity index (χ3n) is 2.45. The van der Waals surface area contributed by atoms with Crippen molar-refractivity contribution in [3.8, 4) is 11.5 Å². The van der Waals surface area contributed by atoms with Crippen LogP contribution in [0.15, 0.2) is 17.3 Å². The maximum absolute atomic E-state index is 10.3. The molecular weight excluding hydrogens is 194 g/mol. The van der Waals surface area contributed by atoms with Crippen molar-refractivity contribution in [3.63, 3.8) is 0 Å². The van der Waals surface area contributed by atoms with Crippen LogP contribution in [0.5, 0.6) is 11.5 Å². The molecule has 4 heteroatoms. The molecule has 0 fully saturated rings. The molecule has 2 rings (SSSR count). The molecule has 0 saturated carbocycles. The zero-order valence-corrected chi connectivity index (χ0v) is 8.66. The first-order valence-corrected chi connectivity index (χ1v) is 5.05. The zero-order valence-electron chi connectivity index (χ0n) is 8.66. The van der Waals surface area contributed by atoms with Crippen molar-refractivity contribution in [2.24, 2.45) is 5.18 Å². The van der Waals surface area contributed by atoms with Gasteiger partial charge in [-0.15, -0.1) is 0 Å². The summed E-state index contributed by atoms with van der Waals surface area (Å²) in [6.45, 7) is 2.56. The normalized spacial score (nSPS) is 12.9. The van der Waals surface area contributed by atoms with E-state index < -0.39 is 0 Å².